The Morgan fingerprint density at radius 1 is 1.58 bits per heavy atom. The number of nitrogen functional groups attached to an aromatic ring is 1. The first-order valence-corrected chi connectivity index (χ1v) is 3.63. The van der Waals surface area contributed by atoms with Crippen LogP contribution in [0.4, 0.5) is 15.9 Å². The van der Waals surface area contributed by atoms with Crippen molar-refractivity contribution in [3.05, 3.63) is 17.8 Å². The van der Waals surface area contributed by atoms with E-state index in [0.717, 1.165) is 5.82 Å². The van der Waals surface area contributed by atoms with Gasteiger partial charge in [-0.15, -0.1) is 0 Å². The SMILES string of the molecule is CN(C)c1cc(CF)c(N)cn1. The summed E-state index contributed by atoms with van der Waals surface area (Å²) < 4.78 is 12.3. The Hall–Kier alpha value is -1.32. The number of anilines is 2. The molecule has 0 aliphatic carbocycles. The molecule has 0 saturated heterocycles. The van der Waals surface area contributed by atoms with Gasteiger partial charge in [0.2, 0.25) is 0 Å². The molecule has 1 heterocycles. The molecule has 0 aliphatic rings. The molecule has 0 amide bonds. The summed E-state index contributed by atoms with van der Waals surface area (Å²) in [5.41, 5.74) is 6.38. The zero-order valence-corrected chi connectivity index (χ0v) is 7.21. The molecule has 2 N–H and O–H groups in total. The van der Waals surface area contributed by atoms with Crippen molar-refractivity contribution in [2.24, 2.45) is 0 Å². The number of halogens is 1. The number of pyridine rings is 1. The Morgan fingerprint density at radius 2 is 2.25 bits per heavy atom. The van der Waals surface area contributed by atoms with E-state index in [-0.39, 0.29) is 0 Å². The average Bonchev–Trinajstić information content (AvgIpc) is 2.05. The second-order valence-corrected chi connectivity index (χ2v) is 2.77. The van der Waals surface area contributed by atoms with E-state index >= 15 is 0 Å². The van der Waals surface area contributed by atoms with E-state index in [2.05, 4.69) is 4.98 Å². The van der Waals surface area contributed by atoms with Gasteiger partial charge in [-0.05, 0) is 6.07 Å². The molecule has 3 nitrogen and oxygen atoms in total. The minimum absolute atomic E-state index is 0.406. The van der Waals surface area contributed by atoms with E-state index in [4.69, 9.17) is 5.73 Å². The maximum atomic E-state index is 12.3. The van der Waals surface area contributed by atoms with Gasteiger partial charge in [0, 0.05) is 19.7 Å². The van der Waals surface area contributed by atoms with Gasteiger partial charge in [-0.3, -0.25) is 0 Å². The van der Waals surface area contributed by atoms with E-state index in [1.165, 1.54) is 6.20 Å². The molecule has 1 aromatic heterocycles. The first-order chi connectivity index (χ1) is 5.65. The van der Waals surface area contributed by atoms with E-state index in [0.29, 0.717) is 11.3 Å². The molecule has 12 heavy (non-hydrogen) atoms. The summed E-state index contributed by atoms with van der Waals surface area (Å²) >= 11 is 0. The fraction of sp³-hybridized carbons (Fsp3) is 0.375. The maximum Gasteiger partial charge on any atom is 0.128 e. The molecule has 1 rings (SSSR count). The fourth-order valence-electron chi connectivity index (χ4n) is 0.855. The minimum Gasteiger partial charge on any atom is -0.397 e. The van der Waals surface area contributed by atoms with Gasteiger partial charge in [-0.1, -0.05) is 0 Å². The lowest BCUT2D eigenvalue weighted by Gasteiger charge is -2.12. The highest BCUT2D eigenvalue weighted by molar-refractivity contribution is 5.51. The van der Waals surface area contributed by atoms with Crippen molar-refractivity contribution in [3.8, 4) is 0 Å². The predicted molar refractivity (Wildman–Crippen MR) is 47.8 cm³/mol. The van der Waals surface area contributed by atoms with Gasteiger partial charge in [-0.25, -0.2) is 9.37 Å². The number of nitrogens with two attached hydrogens (primary N) is 1. The molecule has 4 heteroatoms. The monoisotopic (exact) mass is 169 g/mol. The number of aromatic nitrogens is 1. The predicted octanol–water partition coefficient (Wildman–Crippen LogP) is 1.20. The second kappa shape index (κ2) is 3.38. The second-order valence-electron chi connectivity index (χ2n) is 2.77. The van der Waals surface area contributed by atoms with Gasteiger partial charge >= 0.3 is 0 Å². The molecule has 0 fully saturated rings. The van der Waals surface area contributed by atoms with Gasteiger partial charge in [0.1, 0.15) is 12.5 Å². The van der Waals surface area contributed by atoms with Crippen molar-refractivity contribution in [3.63, 3.8) is 0 Å². The highest BCUT2D eigenvalue weighted by Crippen LogP contribution is 2.16. The van der Waals surface area contributed by atoms with Crippen molar-refractivity contribution in [2.75, 3.05) is 24.7 Å². The summed E-state index contributed by atoms with van der Waals surface area (Å²) in [7, 11) is 3.70. The first-order valence-electron chi connectivity index (χ1n) is 3.63. The van der Waals surface area contributed by atoms with Crippen molar-refractivity contribution >= 4 is 11.5 Å². The number of alkyl halides is 1. The van der Waals surface area contributed by atoms with Crippen LogP contribution in [0.15, 0.2) is 12.3 Å². The van der Waals surface area contributed by atoms with Gasteiger partial charge in [-0.2, -0.15) is 0 Å². The molecule has 0 unspecified atom stereocenters. The van der Waals surface area contributed by atoms with E-state index < -0.39 is 6.67 Å². The Balaban J connectivity index is 3.05. The normalized spacial score (nSPS) is 9.92. The summed E-state index contributed by atoms with van der Waals surface area (Å²) in [5.74, 6) is 0.719. The van der Waals surface area contributed by atoms with Crippen LogP contribution in [0.2, 0.25) is 0 Å². The molecular formula is C8H12FN3. The zero-order valence-electron chi connectivity index (χ0n) is 7.21. The molecule has 0 bridgehead atoms. The maximum absolute atomic E-state index is 12.3. The van der Waals surface area contributed by atoms with Crippen LogP contribution in [0, 0.1) is 0 Å². The van der Waals surface area contributed by atoms with Gasteiger partial charge < -0.3 is 10.6 Å². The van der Waals surface area contributed by atoms with Crippen LogP contribution < -0.4 is 10.6 Å². The molecule has 0 aliphatic heterocycles. The van der Waals surface area contributed by atoms with Crippen LogP contribution in [0.1, 0.15) is 5.56 Å². The summed E-state index contributed by atoms with van der Waals surface area (Å²) in [6.07, 6.45) is 1.48. The molecule has 1 aromatic rings. The standard InChI is InChI=1S/C8H12FN3/c1-12(2)8-3-6(4-9)7(10)5-11-8/h3,5H,4,10H2,1-2H3. The summed E-state index contributed by atoms with van der Waals surface area (Å²) in [4.78, 5) is 5.82. The van der Waals surface area contributed by atoms with Crippen LogP contribution in [-0.2, 0) is 6.67 Å². The third-order valence-corrected chi connectivity index (χ3v) is 1.61. The highest BCUT2D eigenvalue weighted by atomic mass is 19.1. The Labute approximate surface area is 71.0 Å². The Kier molecular flexibility index (Phi) is 2.47. The largest absolute Gasteiger partial charge is 0.397 e. The number of nitrogens with zero attached hydrogens (tertiary/aromatic N) is 2. The van der Waals surface area contributed by atoms with Crippen molar-refractivity contribution in [1.29, 1.82) is 0 Å². The zero-order chi connectivity index (χ0) is 9.14. The van der Waals surface area contributed by atoms with E-state index in [9.17, 15) is 4.39 Å². The molecule has 0 spiro atoms. The lowest BCUT2D eigenvalue weighted by Crippen LogP contribution is -2.11. The summed E-state index contributed by atoms with van der Waals surface area (Å²) in [6.45, 7) is -0.546. The number of rotatable bonds is 2. The third-order valence-electron chi connectivity index (χ3n) is 1.61. The molecule has 0 aromatic carbocycles. The smallest absolute Gasteiger partial charge is 0.128 e. The van der Waals surface area contributed by atoms with Crippen LogP contribution in [-0.4, -0.2) is 19.1 Å². The van der Waals surface area contributed by atoms with Crippen molar-refractivity contribution < 1.29 is 4.39 Å². The average molecular weight is 169 g/mol. The number of hydrogen-bond donors (Lipinski definition) is 1. The molecule has 0 radical (unpaired) electrons. The lowest BCUT2D eigenvalue weighted by atomic mass is 10.2. The lowest BCUT2D eigenvalue weighted by molar-refractivity contribution is 0.486. The summed E-state index contributed by atoms with van der Waals surface area (Å²) in [6, 6.07) is 1.65. The van der Waals surface area contributed by atoms with Crippen LogP contribution in [0.3, 0.4) is 0 Å². The van der Waals surface area contributed by atoms with Crippen molar-refractivity contribution in [2.45, 2.75) is 6.67 Å². The molecule has 66 valence electrons. The van der Waals surface area contributed by atoms with Gasteiger partial charge in [0.25, 0.3) is 0 Å². The van der Waals surface area contributed by atoms with Crippen LogP contribution >= 0.6 is 0 Å². The van der Waals surface area contributed by atoms with E-state index in [1.54, 1.807) is 11.0 Å². The van der Waals surface area contributed by atoms with E-state index in [1.807, 2.05) is 14.1 Å². The molecular weight excluding hydrogens is 157 g/mol. The highest BCUT2D eigenvalue weighted by Gasteiger charge is 2.02. The van der Waals surface area contributed by atoms with Crippen molar-refractivity contribution in [1.82, 2.24) is 4.98 Å². The Morgan fingerprint density at radius 3 is 2.75 bits per heavy atom. The first kappa shape index (κ1) is 8.77. The fourth-order valence-corrected chi connectivity index (χ4v) is 0.855. The van der Waals surface area contributed by atoms with Crippen LogP contribution in [0.5, 0.6) is 0 Å². The summed E-state index contributed by atoms with van der Waals surface area (Å²) in [5, 5.41) is 0. The van der Waals surface area contributed by atoms with Crippen LogP contribution in [0.25, 0.3) is 0 Å². The molecule has 0 atom stereocenters. The van der Waals surface area contributed by atoms with Gasteiger partial charge in [0.15, 0.2) is 0 Å². The molecule has 0 saturated carbocycles. The topological polar surface area (TPSA) is 42.1 Å². The minimum atomic E-state index is -0.546. The van der Waals surface area contributed by atoms with Gasteiger partial charge in [0.05, 0.1) is 11.9 Å². The number of hydrogen-bond acceptors (Lipinski definition) is 3. The third kappa shape index (κ3) is 1.64. The Bertz CT molecular complexity index is 273. The quantitative estimate of drug-likeness (QED) is 0.723.